The number of carbonyl (C=O) groups is 2. The molecule has 0 saturated carbocycles. The number of rotatable bonds is 2. The molecule has 3 unspecified atom stereocenters. The predicted octanol–water partition coefficient (Wildman–Crippen LogP) is -0.382. The van der Waals surface area contributed by atoms with Crippen molar-refractivity contribution in [2.45, 2.75) is 50.2 Å². The highest BCUT2D eigenvalue weighted by atomic mass is 16.2. The fraction of sp³-hybridized carbons (Fsp3) is 0.833. The van der Waals surface area contributed by atoms with Gasteiger partial charge in [0.2, 0.25) is 11.8 Å². The summed E-state index contributed by atoms with van der Waals surface area (Å²) in [6.07, 6.45) is 5.21. The minimum absolute atomic E-state index is 0.147. The smallest absolute Gasteiger partial charge is 0.244 e. The topological polar surface area (TPSA) is 61.4 Å². The molecule has 0 aromatic carbocycles. The molecular formula is C12H19N3O2. The Morgan fingerprint density at radius 3 is 2.82 bits per heavy atom. The summed E-state index contributed by atoms with van der Waals surface area (Å²) >= 11 is 0. The molecule has 94 valence electrons. The van der Waals surface area contributed by atoms with E-state index in [0.29, 0.717) is 18.5 Å². The number of carbonyl (C=O) groups excluding carboxylic acids is 2. The molecule has 0 spiro atoms. The number of piperidine rings is 1. The van der Waals surface area contributed by atoms with Crippen LogP contribution in [0.5, 0.6) is 0 Å². The lowest BCUT2D eigenvalue weighted by molar-refractivity contribution is -0.125. The highest BCUT2D eigenvalue weighted by Gasteiger charge is 2.39. The number of amides is 2. The number of imide groups is 1. The molecule has 0 radical (unpaired) electrons. The van der Waals surface area contributed by atoms with Crippen LogP contribution in [0.1, 0.15) is 32.1 Å². The molecule has 3 fully saturated rings. The fourth-order valence-corrected chi connectivity index (χ4v) is 3.39. The van der Waals surface area contributed by atoms with Gasteiger partial charge in [0.1, 0.15) is 0 Å². The van der Waals surface area contributed by atoms with E-state index < -0.39 is 0 Å². The molecule has 3 aliphatic rings. The SMILES string of the molecule is O=C1CC(NC2CCN3CCCCC23)C(=O)N1. The molecule has 0 aromatic heterocycles. The summed E-state index contributed by atoms with van der Waals surface area (Å²) in [7, 11) is 0. The minimum atomic E-state index is -0.297. The van der Waals surface area contributed by atoms with Crippen LogP contribution >= 0.6 is 0 Å². The van der Waals surface area contributed by atoms with Gasteiger partial charge in [0.05, 0.1) is 12.5 Å². The minimum Gasteiger partial charge on any atom is -0.301 e. The first-order chi connectivity index (χ1) is 8.24. The maximum absolute atomic E-state index is 11.5. The lowest BCUT2D eigenvalue weighted by Gasteiger charge is -2.33. The second kappa shape index (κ2) is 4.38. The van der Waals surface area contributed by atoms with Crippen molar-refractivity contribution < 1.29 is 9.59 Å². The van der Waals surface area contributed by atoms with E-state index in [1.165, 1.54) is 25.8 Å². The maximum Gasteiger partial charge on any atom is 0.244 e. The van der Waals surface area contributed by atoms with Crippen molar-refractivity contribution in [3.63, 3.8) is 0 Å². The average Bonchev–Trinajstić information content (AvgIpc) is 2.85. The van der Waals surface area contributed by atoms with E-state index in [4.69, 9.17) is 0 Å². The van der Waals surface area contributed by atoms with Crippen molar-refractivity contribution >= 4 is 11.8 Å². The number of nitrogens with zero attached hydrogens (tertiary/aromatic N) is 1. The predicted molar refractivity (Wildman–Crippen MR) is 62.3 cm³/mol. The van der Waals surface area contributed by atoms with E-state index in [2.05, 4.69) is 15.5 Å². The third-order valence-electron chi connectivity index (χ3n) is 4.24. The van der Waals surface area contributed by atoms with Crippen LogP contribution in [-0.4, -0.2) is 47.9 Å². The number of nitrogens with one attached hydrogen (secondary N) is 2. The van der Waals surface area contributed by atoms with Gasteiger partial charge in [-0.3, -0.25) is 19.8 Å². The van der Waals surface area contributed by atoms with Crippen molar-refractivity contribution in [2.24, 2.45) is 0 Å². The maximum atomic E-state index is 11.5. The van der Waals surface area contributed by atoms with Gasteiger partial charge in [0, 0.05) is 18.6 Å². The molecule has 3 heterocycles. The van der Waals surface area contributed by atoms with Crippen molar-refractivity contribution in [3.05, 3.63) is 0 Å². The molecule has 2 amide bonds. The summed E-state index contributed by atoms with van der Waals surface area (Å²) in [5, 5.41) is 5.74. The van der Waals surface area contributed by atoms with Gasteiger partial charge in [0.25, 0.3) is 0 Å². The zero-order chi connectivity index (χ0) is 11.8. The molecule has 5 nitrogen and oxygen atoms in total. The summed E-state index contributed by atoms with van der Waals surface area (Å²) in [5.74, 6) is -0.296. The lowest BCUT2D eigenvalue weighted by Crippen LogP contribution is -2.50. The van der Waals surface area contributed by atoms with Gasteiger partial charge in [-0.15, -0.1) is 0 Å². The second-order valence-electron chi connectivity index (χ2n) is 5.33. The zero-order valence-electron chi connectivity index (χ0n) is 9.95. The first kappa shape index (κ1) is 11.2. The number of hydrogen-bond acceptors (Lipinski definition) is 4. The second-order valence-corrected chi connectivity index (χ2v) is 5.33. The summed E-state index contributed by atoms with van der Waals surface area (Å²) in [4.78, 5) is 25.2. The van der Waals surface area contributed by atoms with E-state index in [-0.39, 0.29) is 17.9 Å². The van der Waals surface area contributed by atoms with Gasteiger partial charge >= 0.3 is 0 Å². The first-order valence-corrected chi connectivity index (χ1v) is 6.58. The Labute approximate surface area is 101 Å². The van der Waals surface area contributed by atoms with E-state index in [9.17, 15) is 9.59 Å². The van der Waals surface area contributed by atoms with Crippen molar-refractivity contribution in [1.82, 2.24) is 15.5 Å². The van der Waals surface area contributed by atoms with Gasteiger partial charge in [-0.25, -0.2) is 0 Å². The van der Waals surface area contributed by atoms with Crippen LogP contribution < -0.4 is 10.6 Å². The summed E-state index contributed by atoms with van der Waals surface area (Å²) in [6.45, 7) is 2.32. The molecule has 0 bridgehead atoms. The van der Waals surface area contributed by atoms with Crippen LogP contribution in [0.4, 0.5) is 0 Å². The lowest BCUT2D eigenvalue weighted by atomic mass is 9.98. The van der Waals surface area contributed by atoms with Crippen LogP contribution in [0, 0.1) is 0 Å². The Kier molecular flexibility index (Phi) is 2.88. The number of hydrogen-bond donors (Lipinski definition) is 2. The van der Waals surface area contributed by atoms with Crippen molar-refractivity contribution in [3.8, 4) is 0 Å². The summed E-state index contributed by atoms with van der Waals surface area (Å²) in [6, 6.07) is 0.665. The summed E-state index contributed by atoms with van der Waals surface area (Å²) < 4.78 is 0. The molecule has 3 aliphatic heterocycles. The normalized spacial score (nSPS) is 38.2. The van der Waals surface area contributed by atoms with E-state index in [1.807, 2.05) is 0 Å². The zero-order valence-corrected chi connectivity index (χ0v) is 9.95. The largest absolute Gasteiger partial charge is 0.301 e. The van der Waals surface area contributed by atoms with Crippen molar-refractivity contribution in [1.29, 1.82) is 0 Å². The Morgan fingerprint density at radius 1 is 1.18 bits per heavy atom. The molecule has 3 atom stereocenters. The van der Waals surface area contributed by atoms with Gasteiger partial charge in [0.15, 0.2) is 0 Å². The Hall–Kier alpha value is -0.940. The first-order valence-electron chi connectivity index (χ1n) is 6.58. The molecule has 2 N–H and O–H groups in total. The average molecular weight is 237 g/mol. The Morgan fingerprint density at radius 2 is 2.06 bits per heavy atom. The van der Waals surface area contributed by atoms with Crippen LogP contribution in [0.25, 0.3) is 0 Å². The highest BCUT2D eigenvalue weighted by Crippen LogP contribution is 2.27. The van der Waals surface area contributed by atoms with Crippen LogP contribution in [0.15, 0.2) is 0 Å². The third-order valence-corrected chi connectivity index (χ3v) is 4.24. The van der Waals surface area contributed by atoms with E-state index >= 15 is 0 Å². The van der Waals surface area contributed by atoms with E-state index in [0.717, 1.165) is 13.0 Å². The van der Waals surface area contributed by atoms with Crippen LogP contribution in [-0.2, 0) is 9.59 Å². The van der Waals surface area contributed by atoms with Gasteiger partial charge in [-0.2, -0.15) is 0 Å². The van der Waals surface area contributed by atoms with Gasteiger partial charge in [-0.05, 0) is 25.8 Å². The fourth-order valence-electron chi connectivity index (χ4n) is 3.39. The molecule has 17 heavy (non-hydrogen) atoms. The van der Waals surface area contributed by atoms with Gasteiger partial charge in [-0.1, -0.05) is 6.42 Å². The third kappa shape index (κ3) is 2.09. The van der Waals surface area contributed by atoms with Gasteiger partial charge < -0.3 is 5.32 Å². The standard InChI is InChI=1S/C12H19N3O2/c16-11-7-9(12(17)14-11)13-8-4-6-15-5-2-1-3-10(8)15/h8-10,13H,1-7H2,(H,14,16,17). The van der Waals surface area contributed by atoms with Crippen LogP contribution in [0.2, 0.25) is 0 Å². The van der Waals surface area contributed by atoms with E-state index in [1.54, 1.807) is 0 Å². The molecule has 0 aliphatic carbocycles. The Balaban J connectivity index is 1.62. The summed E-state index contributed by atoms with van der Waals surface area (Å²) in [5.41, 5.74) is 0. The molecule has 3 saturated heterocycles. The Bertz CT molecular complexity index is 345. The number of fused-ring (bicyclic) bond motifs is 1. The molecule has 5 heteroatoms. The molecule has 0 aromatic rings. The monoisotopic (exact) mass is 237 g/mol. The van der Waals surface area contributed by atoms with Crippen LogP contribution in [0.3, 0.4) is 0 Å². The highest BCUT2D eigenvalue weighted by molar-refractivity contribution is 6.05. The van der Waals surface area contributed by atoms with Crippen molar-refractivity contribution in [2.75, 3.05) is 13.1 Å². The molecule has 3 rings (SSSR count). The quantitative estimate of drug-likeness (QED) is 0.643. The molecular weight excluding hydrogens is 218 g/mol.